The van der Waals surface area contributed by atoms with E-state index in [4.69, 9.17) is 5.26 Å². The van der Waals surface area contributed by atoms with Crippen LogP contribution in [0.4, 0.5) is 0 Å². The van der Waals surface area contributed by atoms with Gasteiger partial charge in [-0.15, -0.1) is 0 Å². The fraction of sp³-hybridized carbons (Fsp3) is 0.455. The highest BCUT2D eigenvalue weighted by molar-refractivity contribution is 7.99. The monoisotopic (exact) mass is 283 g/mol. The number of pyridine rings is 1. The Morgan fingerprint density at radius 2 is 2.39 bits per heavy atom. The number of thioether (sulfide) groups is 1. The molecule has 1 atom stereocenters. The topological polar surface area (TPSA) is 74.1 Å². The van der Waals surface area contributed by atoms with Crippen molar-refractivity contribution >= 4 is 21.8 Å². The summed E-state index contributed by atoms with van der Waals surface area (Å²) in [6, 6.07) is 4.76. The second kappa shape index (κ2) is 5.26. The van der Waals surface area contributed by atoms with Crippen molar-refractivity contribution < 1.29 is 8.42 Å². The molecule has 0 aliphatic carbocycles. The van der Waals surface area contributed by atoms with Crippen LogP contribution in [0.2, 0.25) is 0 Å². The van der Waals surface area contributed by atoms with Crippen LogP contribution in [0.5, 0.6) is 0 Å². The molecule has 5 nitrogen and oxygen atoms in total. The van der Waals surface area contributed by atoms with E-state index in [1.165, 1.54) is 22.6 Å². The van der Waals surface area contributed by atoms with Crippen LogP contribution in [0, 0.1) is 11.3 Å². The second-order valence-electron chi connectivity index (χ2n) is 4.00. The zero-order valence-corrected chi connectivity index (χ0v) is 11.5. The van der Waals surface area contributed by atoms with Gasteiger partial charge in [-0.1, -0.05) is 0 Å². The standard InChI is InChI=1S/C11H13N3O2S2/c1-9-8-17-6-5-14(9)18(15,16)11-3-2-4-13-10(11)7-12/h2-4,9H,5-6,8H2,1H3. The van der Waals surface area contributed by atoms with Gasteiger partial charge in [0, 0.05) is 30.3 Å². The highest BCUT2D eigenvalue weighted by atomic mass is 32.2. The van der Waals surface area contributed by atoms with Gasteiger partial charge in [0.05, 0.1) is 0 Å². The summed E-state index contributed by atoms with van der Waals surface area (Å²) in [6.45, 7) is 2.36. The second-order valence-corrected chi connectivity index (χ2v) is 7.01. The minimum atomic E-state index is -3.62. The zero-order valence-electron chi connectivity index (χ0n) is 9.91. The van der Waals surface area contributed by atoms with Gasteiger partial charge in [-0.3, -0.25) is 0 Å². The van der Waals surface area contributed by atoms with E-state index in [9.17, 15) is 8.42 Å². The first kappa shape index (κ1) is 13.3. The van der Waals surface area contributed by atoms with E-state index in [2.05, 4.69) is 4.98 Å². The molecule has 1 fully saturated rings. The maximum absolute atomic E-state index is 12.5. The average molecular weight is 283 g/mol. The first-order valence-electron chi connectivity index (χ1n) is 5.52. The maximum Gasteiger partial charge on any atom is 0.246 e. The van der Waals surface area contributed by atoms with Gasteiger partial charge in [0.2, 0.25) is 10.0 Å². The molecule has 1 aromatic rings. The predicted octanol–water partition coefficient (Wildman–Crippen LogP) is 1.08. The molecule has 1 aliphatic heterocycles. The minimum Gasteiger partial charge on any atom is -0.244 e. The molecule has 1 saturated heterocycles. The summed E-state index contributed by atoms with van der Waals surface area (Å²) in [5.74, 6) is 1.56. The van der Waals surface area contributed by atoms with E-state index in [1.807, 2.05) is 13.0 Å². The first-order valence-corrected chi connectivity index (χ1v) is 8.11. The molecule has 1 aliphatic rings. The Hall–Kier alpha value is -1.10. The van der Waals surface area contributed by atoms with E-state index >= 15 is 0 Å². The minimum absolute atomic E-state index is 0.00579. The van der Waals surface area contributed by atoms with E-state index in [0.717, 1.165) is 11.5 Å². The van der Waals surface area contributed by atoms with Crippen molar-refractivity contribution in [3.63, 3.8) is 0 Å². The van der Waals surface area contributed by atoms with Crippen molar-refractivity contribution in [3.8, 4) is 6.07 Å². The largest absolute Gasteiger partial charge is 0.246 e. The SMILES string of the molecule is CC1CSCCN1S(=O)(=O)c1cccnc1C#N. The summed E-state index contributed by atoms with van der Waals surface area (Å²) in [6.07, 6.45) is 1.42. The lowest BCUT2D eigenvalue weighted by atomic mass is 10.4. The van der Waals surface area contributed by atoms with Crippen molar-refractivity contribution in [1.29, 1.82) is 5.26 Å². The third-order valence-electron chi connectivity index (χ3n) is 2.77. The smallest absolute Gasteiger partial charge is 0.244 e. The molecule has 0 bridgehead atoms. The number of nitriles is 1. The maximum atomic E-state index is 12.5. The van der Waals surface area contributed by atoms with Gasteiger partial charge in [0.1, 0.15) is 11.0 Å². The molecular formula is C11H13N3O2S2. The average Bonchev–Trinajstić information content (AvgIpc) is 2.39. The van der Waals surface area contributed by atoms with Gasteiger partial charge < -0.3 is 0 Å². The molecule has 1 unspecified atom stereocenters. The Kier molecular flexibility index (Phi) is 3.90. The lowest BCUT2D eigenvalue weighted by molar-refractivity contribution is 0.367. The molecule has 0 radical (unpaired) electrons. The molecule has 1 aromatic heterocycles. The highest BCUT2D eigenvalue weighted by Crippen LogP contribution is 2.25. The predicted molar refractivity (Wildman–Crippen MR) is 69.6 cm³/mol. The third-order valence-corrected chi connectivity index (χ3v) is 6.00. The molecule has 0 aromatic carbocycles. The van der Waals surface area contributed by atoms with Gasteiger partial charge in [-0.2, -0.15) is 21.3 Å². The molecule has 0 saturated carbocycles. The number of rotatable bonds is 2. The summed E-state index contributed by atoms with van der Waals surface area (Å²) >= 11 is 1.74. The Morgan fingerprint density at radius 3 is 3.06 bits per heavy atom. The van der Waals surface area contributed by atoms with Crippen molar-refractivity contribution in [2.24, 2.45) is 0 Å². The van der Waals surface area contributed by atoms with Crippen molar-refractivity contribution in [2.75, 3.05) is 18.1 Å². The van der Waals surface area contributed by atoms with Gasteiger partial charge in [-0.05, 0) is 19.1 Å². The molecule has 96 valence electrons. The molecule has 7 heteroatoms. The quantitative estimate of drug-likeness (QED) is 0.812. The Morgan fingerprint density at radius 1 is 1.61 bits per heavy atom. The van der Waals surface area contributed by atoms with Gasteiger partial charge >= 0.3 is 0 Å². The van der Waals surface area contributed by atoms with E-state index in [1.54, 1.807) is 11.8 Å². The lowest BCUT2D eigenvalue weighted by Crippen LogP contribution is -2.44. The summed E-state index contributed by atoms with van der Waals surface area (Å²) in [4.78, 5) is 3.82. The van der Waals surface area contributed by atoms with E-state index in [-0.39, 0.29) is 16.6 Å². The molecule has 2 rings (SSSR count). The molecule has 0 spiro atoms. The van der Waals surface area contributed by atoms with Crippen LogP contribution in [0.15, 0.2) is 23.2 Å². The van der Waals surface area contributed by atoms with Crippen LogP contribution in [0.3, 0.4) is 0 Å². The Bertz CT molecular complexity index is 580. The third kappa shape index (κ3) is 2.36. The summed E-state index contributed by atoms with van der Waals surface area (Å²) in [5.41, 5.74) is -0.0390. The zero-order chi connectivity index (χ0) is 13.2. The fourth-order valence-electron chi connectivity index (χ4n) is 1.88. The van der Waals surface area contributed by atoms with Crippen LogP contribution < -0.4 is 0 Å². The van der Waals surface area contributed by atoms with Gasteiger partial charge in [-0.25, -0.2) is 13.4 Å². The van der Waals surface area contributed by atoms with Crippen LogP contribution in [-0.2, 0) is 10.0 Å². The number of nitrogens with zero attached hydrogens (tertiary/aromatic N) is 3. The first-order chi connectivity index (χ1) is 8.57. The van der Waals surface area contributed by atoms with E-state index in [0.29, 0.717) is 6.54 Å². The van der Waals surface area contributed by atoms with Crippen LogP contribution in [0.1, 0.15) is 12.6 Å². The number of hydrogen-bond acceptors (Lipinski definition) is 5. The van der Waals surface area contributed by atoms with Crippen molar-refractivity contribution in [3.05, 3.63) is 24.0 Å². The Balaban J connectivity index is 2.45. The van der Waals surface area contributed by atoms with Gasteiger partial charge in [0.25, 0.3) is 0 Å². The van der Waals surface area contributed by atoms with E-state index < -0.39 is 10.0 Å². The molecule has 18 heavy (non-hydrogen) atoms. The summed E-state index contributed by atoms with van der Waals surface area (Å²) in [5, 5.41) is 8.95. The highest BCUT2D eigenvalue weighted by Gasteiger charge is 2.33. The van der Waals surface area contributed by atoms with Crippen molar-refractivity contribution in [2.45, 2.75) is 17.9 Å². The summed E-state index contributed by atoms with van der Waals surface area (Å²) < 4.78 is 26.5. The number of sulfonamides is 1. The van der Waals surface area contributed by atoms with Crippen LogP contribution >= 0.6 is 11.8 Å². The lowest BCUT2D eigenvalue weighted by Gasteiger charge is -2.31. The Labute approximate surface area is 111 Å². The van der Waals surface area contributed by atoms with Crippen LogP contribution in [-0.4, -0.2) is 41.8 Å². The molecular weight excluding hydrogens is 270 g/mol. The normalized spacial score (nSPS) is 21.4. The van der Waals surface area contributed by atoms with Crippen LogP contribution in [0.25, 0.3) is 0 Å². The van der Waals surface area contributed by atoms with Gasteiger partial charge in [0.15, 0.2) is 5.69 Å². The summed E-state index contributed by atoms with van der Waals surface area (Å²) in [7, 11) is -3.62. The molecule has 2 heterocycles. The number of aromatic nitrogens is 1. The number of hydrogen-bond donors (Lipinski definition) is 0. The fourth-order valence-corrected chi connectivity index (χ4v) is 4.83. The van der Waals surface area contributed by atoms with Crippen molar-refractivity contribution in [1.82, 2.24) is 9.29 Å². The molecule has 0 amide bonds. The molecule has 0 N–H and O–H groups in total.